The average Bonchev–Trinajstić information content (AvgIpc) is 3.77. The number of fused-ring (bicyclic) bond motifs is 14. The zero-order valence-corrected chi connectivity index (χ0v) is 24.1. The first kappa shape index (κ1) is 24.3. The number of halogens is 1. The van der Waals surface area contributed by atoms with Crippen molar-refractivity contribution in [2.75, 3.05) is 0 Å². The molecule has 0 spiro atoms. The van der Waals surface area contributed by atoms with Gasteiger partial charge in [0.1, 0.15) is 22.3 Å². The minimum atomic E-state index is 0.0636. The van der Waals surface area contributed by atoms with Gasteiger partial charge in [-0.1, -0.05) is 84.9 Å². The Bertz CT molecular complexity index is 2510. The van der Waals surface area contributed by atoms with E-state index in [0.29, 0.717) is 5.56 Å². The number of benzene rings is 6. The summed E-state index contributed by atoms with van der Waals surface area (Å²) in [6.07, 6.45) is 0. The van der Waals surface area contributed by atoms with Crippen LogP contribution in [0.25, 0.3) is 66.1 Å². The lowest BCUT2D eigenvalue weighted by molar-refractivity contribution is 0.103. The van der Waals surface area contributed by atoms with Crippen LogP contribution in [0.1, 0.15) is 31.8 Å². The van der Waals surface area contributed by atoms with Crippen LogP contribution in [0.5, 0.6) is 0 Å². The summed E-state index contributed by atoms with van der Waals surface area (Å²) >= 11 is 3.61. The smallest absolute Gasteiger partial charge is 0.194 e. The number of hydrogen-bond acceptors (Lipinski definition) is 4. The van der Waals surface area contributed by atoms with E-state index in [9.17, 15) is 9.59 Å². The van der Waals surface area contributed by atoms with E-state index in [2.05, 4.69) is 22.0 Å². The predicted octanol–water partition coefficient (Wildman–Crippen LogP) is 10.4. The highest BCUT2D eigenvalue weighted by molar-refractivity contribution is 9.10. The lowest BCUT2D eigenvalue weighted by atomic mass is 10.0. The molecule has 8 aromatic rings. The zero-order chi connectivity index (χ0) is 28.8. The Kier molecular flexibility index (Phi) is 5.02. The Morgan fingerprint density at radius 1 is 0.442 bits per heavy atom. The van der Waals surface area contributed by atoms with E-state index in [-0.39, 0.29) is 11.6 Å². The fourth-order valence-corrected chi connectivity index (χ4v) is 7.25. The first-order valence-corrected chi connectivity index (χ1v) is 14.8. The van der Waals surface area contributed by atoms with Gasteiger partial charge in [0.15, 0.2) is 11.6 Å². The van der Waals surface area contributed by atoms with E-state index in [1.54, 1.807) is 0 Å². The summed E-state index contributed by atoms with van der Waals surface area (Å²) in [4.78, 5) is 25.1. The number of para-hydroxylation sites is 2. The van der Waals surface area contributed by atoms with Crippen LogP contribution in [0.4, 0.5) is 0 Å². The number of ketones is 2. The molecule has 0 amide bonds. The molecule has 0 atom stereocenters. The molecule has 43 heavy (non-hydrogen) atoms. The van der Waals surface area contributed by atoms with Gasteiger partial charge in [0, 0.05) is 59.4 Å². The molecule has 2 aliphatic carbocycles. The number of furan rings is 2. The van der Waals surface area contributed by atoms with E-state index < -0.39 is 0 Å². The van der Waals surface area contributed by atoms with Crippen LogP contribution in [-0.2, 0) is 0 Å². The summed E-state index contributed by atoms with van der Waals surface area (Å²) in [5.74, 6) is 0.150. The van der Waals surface area contributed by atoms with E-state index in [1.807, 2.05) is 109 Å². The number of hydrogen-bond donors (Lipinski definition) is 0. The van der Waals surface area contributed by atoms with Gasteiger partial charge in [-0.05, 0) is 57.4 Å². The van der Waals surface area contributed by atoms with Gasteiger partial charge in [-0.3, -0.25) is 9.59 Å². The molecular weight excluding hydrogens is 600 g/mol. The largest absolute Gasteiger partial charge is 0.455 e. The minimum Gasteiger partial charge on any atom is -0.455 e. The molecule has 2 heterocycles. The highest BCUT2D eigenvalue weighted by Gasteiger charge is 2.32. The highest BCUT2D eigenvalue weighted by Crippen LogP contribution is 2.47. The van der Waals surface area contributed by atoms with Crippen LogP contribution >= 0.6 is 15.9 Å². The van der Waals surface area contributed by atoms with Gasteiger partial charge >= 0.3 is 0 Å². The Labute approximate surface area is 253 Å². The van der Waals surface area contributed by atoms with Crippen molar-refractivity contribution in [1.29, 1.82) is 0 Å². The zero-order valence-electron chi connectivity index (χ0n) is 22.5. The van der Waals surface area contributed by atoms with Crippen LogP contribution in [0.2, 0.25) is 0 Å². The molecule has 2 aromatic heterocycles. The summed E-state index contributed by atoms with van der Waals surface area (Å²) in [6.45, 7) is 0. The van der Waals surface area contributed by atoms with Gasteiger partial charge in [0.05, 0.1) is 0 Å². The molecular formula is C38H19BrO4. The van der Waals surface area contributed by atoms with E-state index >= 15 is 0 Å². The number of carbonyl (C=O) groups excluding carboxylic acids is 2. The lowest BCUT2D eigenvalue weighted by Crippen LogP contribution is -1.94. The van der Waals surface area contributed by atoms with Crippen LogP contribution in [0.3, 0.4) is 0 Å². The lowest BCUT2D eigenvalue weighted by Gasteiger charge is -2.02. The molecule has 0 fully saturated rings. The van der Waals surface area contributed by atoms with Crippen molar-refractivity contribution in [3.8, 4) is 22.3 Å². The van der Waals surface area contributed by atoms with Crippen molar-refractivity contribution < 1.29 is 18.4 Å². The van der Waals surface area contributed by atoms with E-state index in [1.165, 1.54) is 0 Å². The first-order chi connectivity index (χ1) is 21.1. The third-order valence-corrected chi connectivity index (χ3v) is 9.15. The van der Waals surface area contributed by atoms with E-state index in [4.69, 9.17) is 8.83 Å². The summed E-state index contributed by atoms with van der Waals surface area (Å²) in [5, 5.41) is 4.24. The Hall–Kier alpha value is -5.26. The van der Waals surface area contributed by atoms with Gasteiger partial charge in [0.2, 0.25) is 0 Å². The molecule has 0 unspecified atom stereocenters. The molecule has 0 aliphatic heterocycles. The molecule has 5 heteroatoms. The minimum absolute atomic E-state index is 0.0636. The summed E-state index contributed by atoms with van der Waals surface area (Å²) in [6, 6.07) is 37.2. The summed E-state index contributed by atoms with van der Waals surface area (Å²) in [5.41, 5.74) is 10.0. The molecule has 6 aromatic carbocycles. The van der Waals surface area contributed by atoms with Crippen molar-refractivity contribution in [1.82, 2.24) is 0 Å². The highest BCUT2D eigenvalue weighted by atomic mass is 79.9. The van der Waals surface area contributed by atoms with Gasteiger partial charge in [-0.25, -0.2) is 0 Å². The summed E-state index contributed by atoms with van der Waals surface area (Å²) in [7, 11) is 0. The first-order valence-electron chi connectivity index (χ1n) is 14.0. The molecule has 0 N–H and O–H groups in total. The van der Waals surface area contributed by atoms with E-state index in [0.717, 1.165) is 87.3 Å². The molecule has 0 radical (unpaired) electrons. The molecule has 0 bridgehead atoms. The van der Waals surface area contributed by atoms with Gasteiger partial charge in [-0.2, -0.15) is 0 Å². The maximum Gasteiger partial charge on any atom is 0.194 e. The molecule has 0 saturated heterocycles. The van der Waals surface area contributed by atoms with Crippen molar-refractivity contribution in [2.24, 2.45) is 0 Å². The third-order valence-electron chi connectivity index (χ3n) is 8.52. The second kappa shape index (κ2) is 8.87. The van der Waals surface area contributed by atoms with Gasteiger partial charge in [0.25, 0.3) is 0 Å². The van der Waals surface area contributed by atoms with Crippen molar-refractivity contribution in [3.05, 3.63) is 142 Å². The second-order valence-corrected chi connectivity index (χ2v) is 11.7. The maximum absolute atomic E-state index is 12.6. The molecule has 10 rings (SSSR count). The quantitative estimate of drug-likeness (QED) is 0.170. The van der Waals surface area contributed by atoms with Crippen molar-refractivity contribution >= 4 is 71.4 Å². The second-order valence-electron chi connectivity index (χ2n) is 10.8. The SMILES string of the molecule is O=C1c2ccccc2-c2c1cc(Br)c1c2oc2ccccc21.O=C1c2ccccc2-c2c1ccc1c2oc2ccccc21. The van der Waals surface area contributed by atoms with Crippen molar-refractivity contribution in [3.63, 3.8) is 0 Å². The number of carbonyl (C=O) groups is 2. The van der Waals surface area contributed by atoms with Crippen LogP contribution in [0, 0.1) is 0 Å². The Balaban J connectivity index is 0.000000121. The average molecular weight is 619 g/mol. The topological polar surface area (TPSA) is 60.4 Å². The fourth-order valence-electron chi connectivity index (χ4n) is 6.63. The molecule has 2 aliphatic rings. The summed E-state index contributed by atoms with van der Waals surface area (Å²) < 4.78 is 13.0. The van der Waals surface area contributed by atoms with Crippen LogP contribution in [0.15, 0.2) is 129 Å². The Morgan fingerprint density at radius 2 is 0.953 bits per heavy atom. The van der Waals surface area contributed by atoms with Crippen molar-refractivity contribution in [2.45, 2.75) is 0 Å². The third kappa shape index (κ3) is 3.31. The predicted molar refractivity (Wildman–Crippen MR) is 173 cm³/mol. The molecule has 4 nitrogen and oxygen atoms in total. The van der Waals surface area contributed by atoms with Crippen LogP contribution in [-0.4, -0.2) is 11.6 Å². The monoisotopic (exact) mass is 618 g/mol. The molecule has 0 saturated carbocycles. The normalized spacial score (nSPS) is 12.9. The number of rotatable bonds is 0. The van der Waals surface area contributed by atoms with Crippen LogP contribution < -0.4 is 0 Å². The molecule has 202 valence electrons. The van der Waals surface area contributed by atoms with Gasteiger partial charge in [-0.15, -0.1) is 0 Å². The maximum atomic E-state index is 12.6. The Morgan fingerprint density at radius 3 is 1.65 bits per heavy atom. The fraction of sp³-hybridized carbons (Fsp3) is 0. The van der Waals surface area contributed by atoms with Gasteiger partial charge < -0.3 is 8.83 Å². The standard InChI is InChI=1S/C19H9BrO2.C19H10O2/c20-14-9-13-16(10-5-1-2-6-11(10)18(13)21)19-17(14)12-7-3-4-8-15(12)22-19;20-18-13-7-2-1-6-12(13)17-15(18)10-9-14-11-5-3-4-8-16(11)21-19(14)17/h1-9H;1-10H.